The zero-order valence-electron chi connectivity index (χ0n) is 11.2. The van der Waals surface area contributed by atoms with E-state index in [1.54, 1.807) is 18.2 Å². The molecule has 0 unspecified atom stereocenters. The minimum Gasteiger partial charge on any atom is -0.267 e. The number of anilines is 1. The second-order valence-corrected chi connectivity index (χ2v) is 7.09. The minimum absolute atomic E-state index is 0.00379. The van der Waals surface area contributed by atoms with E-state index < -0.39 is 15.8 Å². The molecule has 0 fully saturated rings. The zero-order chi connectivity index (χ0) is 15.5. The molecule has 0 amide bonds. The van der Waals surface area contributed by atoms with Gasteiger partial charge in [-0.25, -0.2) is 12.8 Å². The molecule has 0 atom stereocenters. The lowest BCUT2D eigenvalue weighted by Crippen LogP contribution is -2.25. The first-order chi connectivity index (χ1) is 9.90. The topological polar surface area (TPSA) is 37.4 Å². The highest BCUT2D eigenvalue weighted by Gasteiger charge is 2.18. The molecule has 0 N–H and O–H groups in total. The molecule has 6 heteroatoms. The van der Waals surface area contributed by atoms with Crippen LogP contribution in [0.2, 0.25) is 0 Å². The standard InChI is InChI=1S/C15H13BrFNO2S/c1-18(15-8-7-13(16)11-14(15)17)21(19,20)10-9-12-5-3-2-4-6-12/h2-11H,1H3/b10-9+. The predicted octanol–water partition coefficient (Wildman–Crippen LogP) is 4.03. The smallest absolute Gasteiger partial charge is 0.257 e. The second-order valence-electron chi connectivity index (χ2n) is 4.32. The van der Waals surface area contributed by atoms with Gasteiger partial charge < -0.3 is 0 Å². The lowest BCUT2D eigenvalue weighted by atomic mass is 10.2. The fourth-order valence-electron chi connectivity index (χ4n) is 1.69. The third kappa shape index (κ3) is 3.92. The average Bonchev–Trinajstić information content (AvgIpc) is 2.46. The Kier molecular flexibility index (Phi) is 4.80. The van der Waals surface area contributed by atoms with Gasteiger partial charge in [-0.05, 0) is 29.8 Å². The van der Waals surface area contributed by atoms with E-state index in [0.717, 1.165) is 15.3 Å². The van der Waals surface area contributed by atoms with E-state index in [1.165, 1.54) is 25.3 Å². The Balaban J connectivity index is 2.29. The summed E-state index contributed by atoms with van der Waals surface area (Å²) in [6.07, 6.45) is 1.47. The maximum Gasteiger partial charge on any atom is 0.257 e. The van der Waals surface area contributed by atoms with E-state index in [0.29, 0.717) is 4.47 Å². The molecule has 0 radical (unpaired) electrons. The van der Waals surface area contributed by atoms with Gasteiger partial charge in [-0.3, -0.25) is 4.31 Å². The highest BCUT2D eigenvalue weighted by molar-refractivity contribution is 9.10. The van der Waals surface area contributed by atoms with Crippen LogP contribution in [0.15, 0.2) is 58.4 Å². The van der Waals surface area contributed by atoms with Gasteiger partial charge in [-0.15, -0.1) is 0 Å². The van der Waals surface area contributed by atoms with Crippen LogP contribution in [0.25, 0.3) is 6.08 Å². The molecule has 0 saturated carbocycles. The Hall–Kier alpha value is -1.66. The van der Waals surface area contributed by atoms with Crippen molar-refractivity contribution in [2.24, 2.45) is 0 Å². The number of nitrogens with zero attached hydrogens (tertiary/aromatic N) is 1. The van der Waals surface area contributed by atoms with Gasteiger partial charge in [0.15, 0.2) is 0 Å². The molecule has 21 heavy (non-hydrogen) atoms. The maximum absolute atomic E-state index is 13.8. The SMILES string of the molecule is CN(c1ccc(Br)cc1F)S(=O)(=O)/C=C/c1ccccc1. The van der Waals surface area contributed by atoms with Crippen molar-refractivity contribution in [2.75, 3.05) is 11.4 Å². The Labute approximate surface area is 131 Å². The number of benzene rings is 2. The largest absolute Gasteiger partial charge is 0.267 e. The highest BCUT2D eigenvalue weighted by atomic mass is 79.9. The number of hydrogen-bond acceptors (Lipinski definition) is 2. The molecule has 0 bridgehead atoms. The monoisotopic (exact) mass is 369 g/mol. The third-order valence-electron chi connectivity index (χ3n) is 2.86. The Morgan fingerprint density at radius 3 is 2.43 bits per heavy atom. The molecule has 110 valence electrons. The van der Waals surface area contributed by atoms with E-state index in [9.17, 15) is 12.8 Å². The van der Waals surface area contributed by atoms with Crippen LogP contribution >= 0.6 is 15.9 Å². The van der Waals surface area contributed by atoms with Crippen molar-refractivity contribution in [3.8, 4) is 0 Å². The first-order valence-electron chi connectivity index (χ1n) is 6.07. The second kappa shape index (κ2) is 6.41. The summed E-state index contributed by atoms with van der Waals surface area (Å²) in [7, 11) is -2.43. The summed E-state index contributed by atoms with van der Waals surface area (Å²) >= 11 is 3.14. The molecule has 0 heterocycles. The van der Waals surface area contributed by atoms with Crippen molar-refractivity contribution >= 4 is 37.7 Å². The first kappa shape index (κ1) is 15.7. The van der Waals surface area contributed by atoms with Crippen LogP contribution in [-0.2, 0) is 10.0 Å². The molecule has 0 aliphatic rings. The molecule has 0 aromatic heterocycles. The van der Waals surface area contributed by atoms with Crippen LogP contribution in [0.5, 0.6) is 0 Å². The summed E-state index contributed by atoms with van der Waals surface area (Å²) in [5.74, 6) is -0.608. The summed E-state index contributed by atoms with van der Waals surface area (Å²) < 4.78 is 39.7. The van der Waals surface area contributed by atoms with Gasteiger partial charge in [-0.2, -0.15) is 0 Å². The van der Waals surface area contributed by atoms with Gasteiger partial charge in [0.2, 0.25) is 0 Å². The fraction of sp³-hybridized carbons (Fsp3) is 0.0667. The van der Waals surface area contributed by atoms with Crippen molar-refractivity contribution in [3.63, 3.8) is 0 Å². The van der Waals surface area contributed by atoms with E-state index in [2.05, 4.69) is 15.9 Å². The molecular formula is C15H13BrFNO2S. The predicted molar refractivity (Wildman–Crippen MR) is 86.9 cm³/mol. The molecule has 0 spiro atoms. The van der Waals surface area contributed by atoms with E-state index >= 15 is 0 Å². The van der Waals surface area contributed by atoms with Gasteiger partial charge in [0.1, 0.15) is 5.82 Å². The van der Waals surface area contributed by atoms with E-state index in [1.807, 2.05) is 18.2 Å². The van der Waals surface area contributed by atoms with Gasteiger partial charge in [0.25, 0.3) is 10.0 Å². The molecule has 2 rings (SSSR count). The zero-order valence-corrected chi connectivity index (χ0v) is 13.6. The molecule has 0 saturated heterocycles. The average molecular weight is 370 g/mol. The van der Waals surface area contributed by atoms with Gasteiger partial charge in [0.05, 0.1) is 11.1 Å². The van der Waals surface area contributed by atoms with Gasteiger partial charge in [0, 0.05) is 11.5 Å². The lowest BCUT2D eigenvalue weighted by Gasteiger charge is -2.17. The van der Waals surface area contributed by atoms with Crippen LogP contribution in [-0.4, -0.2) is 15.5 Å². The van der Waals surface area contributed by atoms with Crippen LogP contribution in [0.1, 0.15) is 5.56 Å². The summed E-state index contributed by atoms with van der Waals surface area (Å²) in [5, 5.41) is 1.06. The van der Waals surface area contributed by atoms with Crippen molar-refractivity contribution in [1.29, 1.82) is 0 Å². The van der Waals surface area contributed by atoms with Gasteiger partial charge >= 0.3 is 0 Å². The number of rotatable bonds is 4. The van der Waals surface area contributed by atoms with E-state index in [-0.39, 0.29) is 5.69 Å². The van der Waals surface area contributed by atoms with Crippen LogP contribution in [0.4, 0.5) is 10.1 Å². The van der Waals surface area contributed by atoms with Crippen molar-refractivity contribution in [1.82, 2.24) is 0 Å². The lowest BCUT2D eigenvalue weighted by molar-refractivity contribution is 0.597. The third-order valence-corrected chi connectivity index (χ3v) is 4.80. The van der Waals surface area contributed by atoms with Crippen molar-refractivity contribution < 1.29 is 12.8 Å². The number of sulfonamides is 1. The first-order valence-corrected chi connectivity index (χ1v) is 8.37. The fourth-order valence-corrected chi connectivity index (χ4v) is 2.96. The Morgan fingerprint density at radius 2 is 1.81 bits per heavy atom. The summed E-state index contributed by atoms with van der Waals surface area (Å²) in [4.78, 5) is 0. The summed E-state index contributed by atoms with van der Waals surface area (Å²) in [6, 6.07) is 13.3. The number of halogens is 2. The molecule has 2 aromatic rings. The molecule has 0 aliphatic carbocycles. The van der Waals surface area contributed by atoms with Crippen LogP contribution in [0.3, 0.4) is 0 Å². The number of hydrogen-bond donors (Lipinski definition) is 0. The van der Waals surface area contributed by atoms with Crippen molar-refractivity contribution in [2.45, 2.75) is 0 Å². The van der Waals surface area contributed by atoms with Crippen molar-refractivity contribution in [3.05, 3.63) is 69.8 Å². The normalized spacial score (nSPS) is 11.8. The summed E-state index contributed by atoms with van der Waals surface area (Å²) in [6.45, 7) is 0. The Morgan fingerprint density at radius 1 is 1.14 bits per heavy atom. The molecule has 0 aliphatic heterocycles. The van der Waals surface area contributed by atoms with Crippen LogP contribution < -0.4 is 4.31 Å². The summed E-state index contributed by atoms with van der Waals surface area (Å²) in [5.41, 5.74) is 0.752. The highest BCUT2D eigenvalue weighted by Crippen LogP contribution is 2.24. The minimum atomic E-state index is -3.75. The van der Waals surface area contributed by atoms with Gasteiger partial charge in [-0.1, -0.05) is 46.3 Å². The van der Waals surface area contributed by atoms with E-state index in [4.69, 9.17) is 0 Å². The molecule has 2 aromatic carbocycles. The molecular weight excluding hydrogens is 357 g/mol. The van der Waals surface area contributed by atoms with Crippen LogP contribution in [0, 0.1) is 5.82 Å². The Bertz CT molecular complexity index is 760. The quantitative estimate of drug-likeness (QED) is 0.815. The maximum atomic E-state index is 13.8. The molecule has 3 nitrogen and oxygen atoms in total.